The highest BCUT2D eigenvalue weighted by atomic mass is 15.3. The van der Waals surface area contributed by atoms with E-state index >= 15 is 0 Å². The molecule has 0 spiro atoms. The van der Waals surface area contributed by atoms with Crippen molar-refractivity contribution in [3.05, 3.63) is 24.0 Å². The minimum Gasteiger partial charge on any atom is -0.354 e. The van der Waals surface area contributed by atoms with E-state index in [-0.39, 0.29) is 5.92 Å². The number of aromatic nitrogens is 5. The molecule has 0 aliphatic rings. The first-order chi connectivity index (χ1) is 9.97. The van der Waals surface area contributed by atoms with E-state index in [0.717, 1.165) is 18.8 Å². The molecule has 0 atom stereocenters. The predicted molar refractivity (Wildman–Crippen MR) is 83.6 cm³/mol. The maximum Gasteiger partial charge on any atom is 0.229 e. The largest absolute Gasteiger partial charge is 0.354 e. The lowest BCUT2D eigenvalue weighted by molar-refractivity contribution is 0.751. The van der Waals surface area contributed by atoms with E-state index in [4.69, 9.17) is 0 Å². The van der Waals surface area contributed by atoms with E-state index in [2.05, 4.69) is 39.1 Å². The molecule has 0 aromatic carbocycles. The SMILES string of the molecule is CC(C)c1nc(NCCc2cncn2C)nc(N(C)C)n1. The number of nitrogens with zero attached hydrogens (tertiary/aromatic N) is 6. The lowest BCUT2D eigenvalue weighted by atomic mass is 10.2. The van der Waals surface area contributed by atoms with Crippen LogP contribution in [0, 0.1) is 0 Å². The van der Waals surface area contributed by atoms with Gasteiger partial charge in [0, 0.05) is 51.9 Å². The molecule has 0 saturated heterocycles. The Morgan fingerprint density at radius 2 is 2.00 bits per heavy atom. The molecular weight excluding hydrogens is 266 g/mol. The summed E-state index contributed by atoms with van der Waals surface area (Å²) in [5.74, 6) is 2.37. The van der Waals surface area contributed by atoms with Crippen molar-refractivity contribution in [1.82, 2.24) is 24.5 Å². The molecule has 7 heteroatoms. The van der Waals surface area contributed by atoms with Crippen molar-refractivity contribution < 1.29 is 0 Å². The monoisotopic (exact) mass is 289 g/mol. The highest BCUT2D eigenvalue weighted by molar-refractivity contribution is 5.36. The maximum atomic E-state index is 4.47. The van der Waals surface area contributed by atoms with Gasteiger partial charge < -0.3 is 14.8 Å². The molecule has 114 valence electrons. The molecule has 1 N–H and O–H groups in total. The van der Waals surface area contributed by atoms with Crippen molar-refractivity contribution in [2.24, 2.45) is 7.05 Å². The Kier molecular flexibility index (Phi) is 4.72. The molecule has 2 aromatic rings. The Hall–Kier alpha value is -2.18. The van der Waals surface area contributed by atoms with Crippen LogP contribution in [0.2, 0.25) is 0 Å². The third-order valence-electron chi connectivity index (χ3n) is 3.14. The third kappa shape index (κ3) is 3.90. The third-order valence-corrected chi connectivity index (χ3v) is 3.14. The van der Waals surface area contributed by atoms with Crippen molar-refractivity contribution in [3.63, 3.8) is 0 Å². The highest BCUT2D eigenvalue weighted by Crippen LogP contribution is 2.14. The summed E-state index contributed by atoms with van der Waals surface area (Å²) in [6, 6.07) is 0. The second-order valence-electron chi connectivity index (χ2n) is 5.54. The summed E-state index contributed by atoms with van der Waals surface area (Å²) in [6.45, 7) is 4.91. The Bertz CT molecular complexity index is 563. The predicted octanol–water partition coefficient (Wildman–Crippen LogP) is 1.45. The topological polar surface area (TPSA) is 71.8 Å². The number of rotatable bonds is 6. The van der Waals surface area contributed by atoms with E-state index in [1.165, 1.54) is 5.69 Å². The van der Waals surface area contributed by atoms with E-state index in [1.807, 2.05) is 36.8 Å². The quantitative estimate of drug-likeness (QED) is 0.868. The fraction of sp³-hybridized carbons (Fsp3) is 0.571. The zero-order valence-electron chi connectivity index (χ0n) is 13.3. The van der Waals surface area contributed by atoms with Crippen LogP contribution in [0.25, 0.3) is 0 Å². The number of nitrogens with one attached hydrogen (secondary N) is 1. The van der Waals surface area contributed by atoms with Crippen molar-refractivity contribution in [2.75, 3.05) is 30.9 Å². The Labute approximate surface area is 125 Å². The van der Waals surface area contributed by atoms with Gasteiger partial charge in [0.1, 0.15) is 5.82 Å². The summed E-state index contributed by atoms with van der Waals surface area (Å²) in [4.78, 5) is 19.4. The number of hydrogen-bond donors (Lipinski definition) is 1. The van der Waals surface area contributed by atoms with Gasteiger partial charge in [0.2, 0.25) is 11.9 Å². The zero-order chi connectivity index (χ0) is 15.4. The summed E-state index contributed by atoms with van der Waals surface area (Å²) < 4.78 is 2.01. The van der Waals surface area contributed by atoms with Crippen LogP contribution in [0.15, 0.2) is 12.5 Å². The van der Waals surface area contributed by atoms with Gasteiger partial charge in [-0.15, -0.1) is 0 Å². The molecule has 0 saturated carbocycles. The molecule has 0 amide bonds. The molecule has 0 unspecified atom stereocenters. The van der Waals surface area contributed by atoms with Gasteiger partial charge in [-0.1, -0.05) is 13.8 Å². The van der Waals surface area contributed by atoms with Gasteiger partial charge in [-0.05, 0) is 0 Å². The van der Waals surface area contributed by atoms with Gasteiger partial charge in [-0.2, -0.15) is 15.0 Å². The second kappa shape index (κ2) is 6.51. The van der Waals surface area contributed by atoms with Crippen molar-refractivity contribution in [2.45, 2.75) is 26.2 Å². The molecule has 7 nitrogen and oxygen atoms in total. The second-order valence-corrected chi connectivity index (χ2v) is 5.54. The normalized spacial score (nSPS) is 11.0. The van der Waals surface area contributed by atoms with Crippen LogP contribution in [0.4, 0.5) is 11.9 Å². The number of aryl methyl sites for hydroxylation is 1. The summed E-state index contributed by atoms with van der Waals surface area (Å²) in [5, 5.41) is 3.27. The molecule has 0 aliphatic heterocycles. The zero-order valence-corrected chi connectivity index (χ0v) is 13.3. The van der Waals surface area contributed by atoms with Crippen LogP contribution in [-0.4, -0.2) is 45.1 Å². The standard InChI is InChI=1S/C14H23N7/c1-10(2)12-17-13(19-14(18-12)20(3)4)16-7-6-11-8-15-9-21(11)5/h8-10H,6-7H2,1-5H3,(H,16,17,18,19). The van der Waals surface area contributed by atoms with Crippen LogP contribution >= 0.6 is 0 Å². The van der Waals surface area contributed by atoms with Gasteiger partial charge in [-0.25, -0.2) is 4.98 Å². The molecule has 2 aromatic heterocycles. The Balaban J connectivity index is 2.06. The molecule has 2 heterocycles. The van der Waals surface area contributed by atoms with Crippen LogP contribution in [-0.2, 0) is 13.5 Å². The van der Waals surface area contributed by atoms with Crippen molar-refractivity contribution >= 4 is 11.9 Å². The van der Waals surface area contributed by atoms with Gasteiger partial charge in [-0.3, -0.25) is 0 Å². The molecule has 0 radical (unpaired) electrons. The lowest BCUT2D eigenvalue weighted by Gasteiger charge is -2.14. The lowest BCUT2D eigenvalue weighted by Crippen LogP contribution is -2.18. The minimum atomic E-state index is 0.268. The average Bonchev–Trinajstić information content (AvgIpc) is 2.84. The van der Waals surface area contributed by atoms with E-state index in [9.17, 15) is 0 Å². The van der Waals surface area contributed by atoms with Crippen LogP contribution in [0.3, 0.4) is 0 Å². The summed E-state index contributed by atoms with van der Waals surface area (Å²) >= 11 is 0. The first-order valence-corrected chi connectivity index (χ1v) is 7.09. The number of imidazole rings is 1. The van der Waals surface area contributed by atoms with E-state index < -0.39 is 0 Å². The van der Waals surface area contributed by atoms with E-state index in [0.29, 0.717) is 11.9 Å². The smallest absolute Gasteiger partial charge is 0.229 e. The van der Waals surface area contributed by atoms with Gasteiger partial charge in [0.05, 0.1) is 6.33 Å². The van der Waals surface area contributed by atoms with E-state index in [1.54, 1.807) is 6.33 Å². The molecule has 0 aliphatic carbocycles. The maximum absolute atomic E-state index is 4.47. The molecular formula is C14H23N7. The number of hydrogen-bond acceptors (Lipinski definition) is 6. The van der Waals surface area contributed by atoms with Gasteiger partial charge in [0.25, 0.3) is 0 Å². The van der Waals surface area contributed by atoms with Crippen LogP contribution in [0.5, 0.6) is 0 Å². The molecule has 0 fully saturated rings. The van der Waals surface area contributed by atoms with Gasteiger partial charge >= 0.3 is 0 Å². The Morgan fingerprint density at radius 3 is 2.57 bits per heavy atom. The average molecular weight is 289 g/mol. The molecule has 2 rings (SSSR count). The van der Waals surface area contributed by atoms with Crippen molar-refractivity contribution in [1.29, 1.82) is 0 Å². The molecule has 21 heavy (non-hydrogen) atoms. The molecule has 0 bridgehead atoms. The first-order valence-electron chi connectivity index (χ1n) is 7.09. The fourth-order valence-electron chi connectivity index (χ4n) is 1.85. The fourth-order valence-corrected chi connectivity index (χ4v) is 1.85. The first kappa shape index (κ1) is 15.2. The summed E-state index contributed by atoms with van der Waals surface area (Å²) in [6.07, 6.45) is 4.55. The highest BCUT2D eigenvalue weighted by Gasteiger charge is 2.10. The minimum absolute atomic E-state index is 0.268. The Morgan fingerprint density at radius 1 is 1.24 bits per heavy atom. The van der Waals surface area contributed by atoms with Gasteiger partial charge in [0.15, 0.2) is 0 Å². The van der Waals surface area contributed by atoms with Crippen LogP contribution < -0.4 is 10.2 Å². The van der Waals surface area contributed by atoms with Crippen LogP contribution in [0.1, 0.15) is 31.3 Å². The number of anilines is 2. The summed E-state index contributed by atoms with van der Waals surface area (Å²) in [5.41, 5.74) is 1.17. The summed E-state index contributed by atoms with van der Waals surface area (Å²) in [7, 11) is 5.85. The van der Waals surface area contributed by atoms with Crippen molar-refractivity contribution in [3.8, 4) is 0 Å².